The van der Waals surface area contributed by atoms with Gasteiger partial charge in [0.05, 0.1) is 6.61 Å². The first-order chi connectivity index (χ1) is 11.1. The number of H-pyrrole nitrogens is 1. The van der Waals surface area contributed by atoms with Crippen molar-refractivity contribution in [2.75, 3.05) is 6.61 Å². The summed E-state index contributed by atoms with van der Waals surface area (Å²) < 4.78 is 51.2. The van der Waals surface area contributed by atoms with Gasteiger partial charge in [0.25, 0.3) is 5.56 Å². The minimum Gasteiger partial charge on any atom is -0.346 e. The number of aromatic nitrogens is 2. The van der Waals surface area contributed by atoms with E-state index < -0.39 is 57.5 Å². The number of aromatic amines is 1. The number of phosphoric ester groups is 1. The Balaban J connectivity index is 2.30. The fourth-order valence-electron chi connectivity index (χ4n) is 2.07. The molecule has 24 heavy (non-hydrogen) atoms. The number of hydrogen-bond donors (Lipinski definition) is 4. The molecule has 1 saturated heterocycles. The molecule has 11 nitrogen and oxygen atoms in total. The van der Waals surface area contributed by atoms with Gasteiger partial charge in [-0.3, -0.25) is 18.9 Å². The average Bonchev–Trinajstić information content (AvgIpc) is 2.73. The summed E-state index contributed by atoms with van der Waals surface area (Å²) in [7, 11) is -7.46. The van der Waals surface area contributed by atoms with Gasteiger partial charge in [0.15, 0.2) is 18.5 Å². The minimum atomic E-state index is -4.88. The van der Waals surface area contributed by atoms with Crippen molar-refractivity contribution in [2.24, 2.45) is 0 Å². The Bertz CT molecular complexity index is 779. The van der Waals surface area contributed by atoms with Crippen molar-refractivity contribution in [1.82, 2.24) is 9.55 Å². The number of nitrogens with one attached hydrogen (secondary N) is 1. The maximum absolute atomic E-state index is 14.4. The van der Waals surface area contributed by atoms with Crippen LogP contribution < -0.4 is 11.2 Å². The Morgan fingerprint density at radius 3 is 2.71 bits per heavy atom. The third-order valence-electron chi connectivity index (χ3n) is 3.01. The Labute approximate surface area is 139 Å². The Morgan fingerprint density at radius 1 is 1.50 bits per heavy atom. The second kappa shape index (κ2) is 7.54. The van der Waals surface area contributed by atoms with Gasteiger partial charge in [-0.05, 0) is 4.57 Å². The lowest BCUT2D eigenvalue weighted by molar-refractivity contribution is -0.0479. The molecule has 3 N–H and O–H groups in total. The van der Waals surface area contributed by atoms with E-state index in [2.05, 4.69) is 16.8 Å². The molecule has 5 unspecified atom stereocenters. The van der Waals surface area contributed by atoms with E-state index in [9.17, 15) is 23.1 Å². The molecule has 1 fully saturated rings. The molecule has 15 heteroatoms. The molecule has 2 rings (SSSR count). The molecule has 1 aromatic rings. The Kier molecular flexibility index (Phi) is 6.10. The summed E-state index contributed by atoms with van der Waals surface area (Å²) in [6.45, 7) is -0.844. The lowest BCUT2D eigenvalue weighted by Crippen LogP contribution is -2.37. The summed E-state index contributed by atoms with van der Waals surface area (Å²) in [5, 5.41) is 0. The van der Waals surface area contributed by atoms with Crippen molar-refractivity contribution in [2.45, 2.75) is 24.6 Å². The molecular weight excluding hydrogens is 393 g/mol. The maximum Gasteiger partial charge on any atom is 0.582 e. The Hall–Kier alpha value is -0.910. The van der Waals surface area contributed by atoms with E-state index in [1.807, 2.05) is 4.98 Å². The van der Waals surface area contributed by atoms with Crippen LogP contribution in [0.15, 0.2) is 21.9 Å². The van der Waals surface area contributed by atoms with Gasteiger partial charge in [-0.1, -0.05) is 0 Å². The standard InChI is InChI=1S/C9H11FN2O9P2S/c10-6-4(3-19-23(16,17)18)20-8(7(6)21-22(15)24)12-2-1-5(13)11-9(12)14/h1-2,4,6-8H,3H2,(H3-,11,13,14,15,16,17,18,24)/p+1. The van der Waals surface area contributed by atoms with E-state index in [0.717, 1.165) is 16.8 Å². The van der Waals surface area contributed by atoms with Crippen LogP contribution in [-0.2, 0) is 22.9 Å². The number of ether oxygens (including phenoxy) is 1. The topological polar surface area (TPSA) is 157 Å². The highest BCUT2D eigenvalue weighted by Gasteiger charge is 2.51. The highest BCUT2D eigenvalue weighted by Crippen LogP contribution is 2.43. The molecule has 1 aliphatic rings. The van der Waals surface area contributed by atoms with Gasteiger partial charge in [0, 0.05) is 12.3 Å². The van der Waals surface area contributed by atoms with Crippen molar-refractivity contribution in [3.63, 3.8) is 0 Å². The number of halogens is 1. The largest absolute Gasteiger partial charge is 0.582 e. The van der Waals surface area contributed by atoms with Crippen LogP contribution in [0.25, 0.3) is 0 Å². The summed E-state index contributed by atoms with van der Waals surface area (Å²) in [4.78, 5) is 42.1. The van der Waals surface area contributed by atoms with Crippen LogP contribution in [0, 0.1) is 0 Å². The van der Waals surface area contributed by atoms with Gasteiger partial charge >= 0.3 is 20.7 Å². The molecule has 0 aliphatic carbocycles. The van der Waals surface area contributed by atoms with E-state index in [1.54, 1.807) is 0 Å². The first-order valence-corrected chi connectivity index (χ1v) is 10.1. The van der Waals surface area contributed by atoms with Crippen LogP contribution in [0.1, 0.15) is 6.23 Å². The molecule has 134 valence electrons. The fraction of sp³-hybridized carbons (Fsp3) is 0.556. The zero-order valence-electron chi connectivity index (χ0n) is 11.6. The van der Waals surface area contributed by atoms with Gasteiger partial charge < -0.3 is 14.5 Å². The van der Waals surface area contributed by atoms with E-state index in [-0.39, 0.29) is 0 Å². The van der Waals surface area contributed by atoms with Crippen molar-refractivity contribution in [3.8, 4) is 0 Å². The normalized spacial score (nSPS) is 28.1. The molecular formula is C9H12FN2O9P2S+. The van der Waals surface area contributed by atoms with Gasteiger partial charge in [0.1, 0.15) is 18.4 Å². The van der Waals surface area contributed by atoms with Gasteiger partial charge in [-0.25, -0.2) is 13.8 Å². The zero-order chi connectivity index (χ0) is 18.1. The van der Waals surface area contributed by atoms with Crippen LogP contribution in [0.3, 0.4) is 0 Å². The number of rotatable bonds is 6. The molecule has 2 heterocycles. The third kappa shape index (κ3) is 4.80. The van der Waals surface area contributed by atoms with E-state index in [4.69, 9.17) is 19.0 Å². The van der Waals surface area contributed by atoms with Gasteiger partial charge in [-0.2, -0.15) is 0 Å². The molecule has 5 atom stereocenters. The molecule has 0 aromatic carbocycles. The van der Waals surface area contributed by atoms with Crippen molar-refractivity contribution >= 4 is 27.3 Å². The first-order valence-electron chi connectivity index (χ1n) is 6.22. The number of phosphoric acid groups is 1. The summed E-state index contributed by atoms with van der Waals surface area (Å²) in [5.74, 6) is 0. The monoisotopic (exact) mass is 405 g/mol. The summed E-state index contributed by atoms with van der Waals surface area (Å²) in [6.07, 6.45) is -5.59. The van der Waals surface area contributed by atoms with Crippen LogP contribution >= 0.6 is 27.3 Å². The SMILES string of the molecule is O=c1ccn(C2OC(COP(=O)(O)O)C(F)C2O[P+](=O)S)c(=O)[nH]1. The molecule has 0 bridgehead atoms. The summed E-state index contributed by atoms with van der Waals surface area (Å²) in [5.41, 5.74) is -1.65. The highest BCUT2D eigenvalue weighted by molar-refractivity contribution is 8.39. The number of hydrogen-bond acceptors (Lipinski definition) is 7. The summed E-state index contributed by atoms with van der Waals surface area (Å²) in [6, 6.07) is 0.967. The van der Waals surface area contributed by atoms with Crippen LogP contribution in [0.5, 0.6) is 0 Å². The predicted molar refractivity (Wildman–Crippen MR) is 79.6 cm³/mol. The molecule has 0 spiro atoms. The molecule has 0 radical (unpaired) electrons. The quantitative estimate of drug-likeness (QED) is 0.373. The first kappa shape index (κ1) is 19.4. The number of thiol groups is 1. The molecule has 0 amide bonds. The van der Waals surface area contributed by atoms with Crippen LogP contribution in [-0.4, -0.2) is 44.3 Å². The Morgan fingerprint density at radius 2 is 2.17 bits per heavy atom. The van der Waals surface area contributed by atoms with Crippen LogP contribution in [0.2, 0.25) is 0 Å². The second-order valence-corrected chi connectivity index (χ2v) is 7.53. The van der Waals surface area contributed by atoms with E-state index in [1.165, 1.54) is 0 Å². The van der Waals surface area contributed by atoms with E-state index >= 15 is 0 Å². The van der Waals surface area contributed by atoms with Crippen molar-refractivity contribution in [3.05, 3.63) is 33.1 Å². The van der Waals surface area contributed by atoms with Crippen molar-refractivity contribution in [1.29, 1.82) is 0 Å². The predicted octanol–water partition coefficient (Wildman–Crippen LogP) is -0.146. The fourth-order valence-corrected chi connectivity index (χ4v) is 3.16. The van der Waals surface area contributed by atoms with Crippen molar-refractivity contribution < 1.29 is 37.1 Å². The number of alkyl halides is 1. The van der Waals surface area contributed by atoms with Gasteiger partial charge in [-0.15, -0.1) is 4.52 Å². The smallest absolute Gasteiger partial charge is 0.346 e. The van der Waals surface area contributed by atoms with E-state index in [0.29, 0.717) is 0 Å². The molecule has 0 saturated carbocycles. The average molecular weight is 405 g/mol. The number of nitrogens with zero attached hydrogens (tertiary/aromatic N) is 1. The highest BCUT2D eigenvalue weighted by atomic mass is 32.7. The van der Waals surface area contributed by atoms with Gasteiger partial charge in [0.2, 0.25) is 0 Å². The minimum absolute atomic E-state index is 0.704. The molecule has 1 aromatic heterocycles. The van der Waals surface area contributed by atoms with Crippen LogP contribution in [0.4, 0.5) is 4.39 Å². The third-order valence-corrected chi connectivity index (χ3v) is 4.20. The molecule has 1 aliphatic heterocycles. The second-order valence-electron chi connectivity index (χ2n) is 4.62. The lowest BCUT2D eigenvalue weighted by atomic mass is 10.1. The zero-order valence-corrected chi connectivity index (χ0v) is 14.3. The lowest BCUT2D eigenvalue weighted by Gasteiger charge is -2.16. The maximum atomic E-state index is 14.4. The summed E-state index contributed by atoms with van der Waals surface area (Å²) >= 11 is 3.50.